The molecule has 0 bridgehead atoms. The first-order valence-corrected chi connectivity index (χ1v) is 14.0. The molecule has 2 aromatic heterocycles. The van der Waals surface area contributed by atoms with Crippen molar-refractivity contribution in [1.29, 1.82) is 0 Å². The van der Waals surface area contributed by atoms with Crippen LogP contribution in [0, 0.1) is 12.8 Å². The number of benzene rings is 2. The fourth-order valence-corrected chi connectivity index (χ4v) is 6.04. The SMILES string of the molecule is COC(=O)c1cnn(-c2cccc(-c3cccc(O[C@@H](C)C4CCCCC4)c3)c2)c1[C@@H]1C[C@H]1c1cc(C)no1. The molecule has 202 valence electrons. The Hall–Kier alpha value is -3.87. The number of hydrogen-bond donors (Lipinski definition) is 0. The van der Waals surface area contributed by atoms with Gasteiger partial charge in [0.05, 0.1) is 36.5 Å². The van der Waals surface area contributed by atoms with Crippen LogP contribution in [0.3, 0.4) is 0 Å². The van der Waals surface area contributed by atoms with Crippen LogP contribution in [0.15, 0.2) is 65.3 Å². The quantitative estimate of drug-likeness (QED) is 0.226. The Morgan fingerprint density at radius 3 is 2.54 bits per heavy atom. The summed E-state index contributed by atoms with van der Waals surface area (Å²) >= 11 is 0. The third-order valence-electron chi connectivity index (χ3n) is 8.26. The molecule has 4 aromatic rings. The molecule has 0 aliphatic heterocycles. The van der Waals surface area contributed by atoms with Gasteiger partial charge < -0.3 is 14.0 Å². The van der Waals surface area contributed by atoms with E-state index >= 15 is 0 Å². The topological polar surface area (TPSA) is 79.4 Å². The van der Waals surface area contributed by atoms with Crippen molar-refractivity contribution in [2.45, 2.75) is 70.3 Å². The van der Waals surface area contributed by atoms with Crippen LogP contribution in [0.5, 0.6) is 5.75 Å². The monoisotopic (exact) mass is 525 g/mol. The minimum Gasteiger partial charge on any atom is -0.490 e. The fourth-order valence-electron chi connectivity index (χ4n) is 6.04. The lowest BCUT2D eigenvalue weighted by atomic mass is 9.86. The number of aryl methyl sites for hydroxylation is 1. The van der Waals surface area contributed by atoms with Gasteiger partial charge in [0, 0.05) is 17.9 Å². The first kappa shape index (κ1) is 25.4. The van der Waals surface area contributed by atoms with Crippen LogP contribution in [-0.2, 0) is 4.74 Å². The van der Waals surface area contributed by atoms with Crippen molar-refractivity contribution < 1.29 is 18.8 Å². The maximum absolute atomic E-state index is 12.7. The van der Waals surface area contributed by atoms with Crippen LogP contribution in [0.25, 0.3) is 16.8 Å². The summed E-state index contributed by atoms with van der Waals surface area (Å²) < 4.78 is 18.9. The van der Waals surface area contributed by atoms with Gasteiger partial charge in [-0.3, -0.25) is 0 Å². The molecule has 7 nitrogen and oxygen atoms in total. The Balaban J connectivity index is 1.29. The maximum atomic E-state index is 12.7. The van der Waals surface area contributed by atoms with E-state index in [1.54, 1.807) is 6.20 Å². The first-order chi connectivity index (χ1) is 19.0. The van der Waals surface area contributed by atoms with E-state index in [1.165, 1.54) is 39.2 Å². The summed E-state index contributed by atoms with van der Waals surface area (Å²) in [6.07, 6.45) is 9.13. The van der Waals surface area contributed by atoms with Gasteiger partial charge in [0.25, 0.3) is 0 Å². The van der Waals surface area contributed by atoms with Crippen LogP contribution in [0.4, 0.5) is 0 Å². The van der Waals surface area contributed by atoms with Crippen molar-refractivity contribution in [3.63, 3.8) is 0 Å². The summed E-state index contributed by atoms with van der Waals surface area (Å²) in [7, 11) is 1.40. The molecule has 2 fully saturated rings. The lowest BCUT2D eigenvalue weighted by Gasteiger charge is -2.28. The number of hydrogen-bond acceptors (Lipinski definition) is 6. The van der Waals surface area contributed by atoms with Crippen molar-refractivity contribution in [3.05, 3.63) is 83.5 Å². The molecule has 0 unspecified atom stereocenters. The summed E-state index contributed by atoms with van der Waals surface area (Å²) in [4.78, 5) is 12.7. The molecule has 0 amide bonds. The van der Waals surface area contributed by atoms with E-state index in [-0.39, 0.29) is 23.9 Å². The molecule has 7 heteroatoms. The second kappa shape index (κ2) is 10.7. The van der Waals surface area contributed by atoms with E-state index in [4.69, 9.17) is 14.0 Å². The Morgan fingerprint density at radius 1 is 1.03 bits per heavy atom. The predicted octanol–water partition coefficient (Wildman–Crippen LogP) is 7.24. The lowest BCUT2D eigenvalue weighted by Crippen LogP contribution is -2.25. The highest BCUT2D eigenvalue weighted by Crippen LogP contribution is 2.56. The molecule has 2 aliphatic carbocycles. The highest BCUT2D eigenvalue weighted by Gasteiger charge is 2.46. The molecule has 2 saturated carbocycles. The molecule has 2 aliphatic rings. The van der Waals surface area contributed by atoms with Crippen LogP contribution in [0.2, 0.25) is 0 Å². The van der Waals surface area contributed by atoms with Gasteiger partial charge in [0.2, 0.25) is 0 Å². The van der Waals surface area contributed by atoms with Gasteiger partial charge in [0.1, 0.15) is 17.1 Å². The van der Waals surface area contributed by atoms with Gasteiger partial charge in [-0.05, 0) is 74.4 Å². The molecule has 2 heterocycles. The molecule has 0 N–H and O–H groups in total. The molecular formula is C32H35N3O4. The molecule has 0 saturated heterocycles. The van der Waals surface area contributed by atoms with E-state index < -0.39 is 0 Å². The van der Waals surface area contributed by atoms with Crippen LogP contribution in [-0.4, -0.2) is 34.1 Å². The van der Waals surface area contributed by atoms with Crippen LogP contribution < -0.4 is 4.74 Å². The van der Waals surface area contributed by atoms with Gasteiger partial charge in [0.15, 0.2) is 0 Å². The van der Waals surface area contributed by atoms with E-state index in [0.717, 1.165) is 46.1 Å². The summed E-state index contributed by atoms with van der Waals surface area (Å²) in [5.74, 6) is 2.23. The van der Waals surface area contributed by atoms with Gasteiger partial charge in [-0.25, -0.2) is 9.48 Å². The van der Waals surface area contributed by atoms with Crippen LogP contribution in [0.1, 0.15) is 84.8 Å². The number of esters is 1. The molecule has 0 spiro atoms. The number of methoxy groups -OCH3 is 1. The number of aromatic nitrogens is 3. The second-order valence-electron chi connectivity index (χ2n) is 11.0. The van der Waals surface area contributed by atoms with E-state index in [1.807, 2.05) is 41.9 Å². The van der Waals surface area contributed by atoms with Crippen LogP contribution >= 0.6 is 0 Å². The maximum Gasteiger partial charge on any atom is 0.341 e. The molecule has 3 atom stereocenters. The minimum atomic E-state index is -0.385. The number of rotatable bonds is 8. The van der Waals surface area contributed by atoms with Crippen molar-refractivity contribution in [1.82, 2.24) is 14.9 Å². The van der Waals surface area contributed by atoms with Gasteiger partial charge >= 0.3 is 5.97 Å². The highest BCUT2D eigenvalue weighted by molar-refractivity contribution is 5.91. The van der Waals surface area contributed by atoms with Crippen molar-refractivity contribution >= 4 is 5.97 Å². The molecule has 0 radical (unpaired) electrons. The third kappa shape index (κ3) is 5.22. The van der Waals surface area contributed by atoms with Gasteiger partial charge in [-0.2, -0.15) is 5.10 Å². The summed E-state index contributed by atoms with van der Waals surface area (Å²) in [6.45, 7) is 4.11. The average molecular weight is 526 g/mol. The van der Waals surface area contributed by atoms with Gasteiger partial charge in [-0.15, -0.1) is 0 Å². The Kier molecular flexibility index (Phi) is 6.98. The van der Waals surface area contributed by atoms with Crippen molar-refractivity contribution in [2.24, 2.45) is 5.92 Å². The molecular weight excluding hydrogens is 490 g/mol. The van der Waals surface area contributed by atoms with Crippen molar-refractivity contribution in [2.75, 3.05) is 7.11 Å². The summed E-state index contributed by atoms with van der Waals surface area (Å²) in [5, 5.41) is 8.68. The zero-order valence-corrected chi connectivity index (χ0v) is 22.8. The lowest BCUT2D eigenvalue weighted by molar-refractivity contribution is 0.0599. The standard InChI is InChI=1S/C32H35N3O4/c1-20-15-30(39-34-20)27-18-28(27)31-29(32(36)37-3)19-33-35(31)25-13-7-11-23(16-25)24-12-8-14-26(17-24)38-21(2)22-9-5-4-6-10-22/h7-8,11-17,19,21-22,27-28H,4-6,9-10,18H2,1-3H3/t21-,27+,28+/m0/s1. The zero-order chi connectivity index (χ0) is 26.9. The minimum absolute atomic E-state index is 0.0932. The van der Waals surface area contributed by atoms with E-state index in [9.17, 15) is 4.79 Å². The largest absolute Gasteiger partial charge is 0.490 e. The molecule has 39 heavy (non-hydrogen) atoms. The fraction of sp³-hybridized carbons (Fsp3) is 0.406. The first-order valence-electron chi connectivity index (χ1n) is 14.0. The Labute approximate surface area is 229 Å². The van der Waals surface area contributed by atoms with Crippen molar-refractivity contribution in [3.8, 4) is 22.6 Å². The summed E-state index contributed by atoms with van der Waals surface area (Å²) in [5.41, 5.74) is 5.20. The predicted molar refractivity (Wildman–Crippen MR) is 148 cm³/mol. The third-order valence-corrected chi connectivity index (χ3v) is 8.26. The normalized spacial score (nSPS) is 20.0. The second-order valence-corrected chi connectivity index (χ2v) is 11.0. The summed E-state index contributed by atoms with van der Waals surface area (Å²) in [6, 6.07) is 18.5. The average Bonchev–Trinajstić information content (AvgIpc) is 3.42. The molecule has 2 aromatic carbocycles. The van der Waals surface area contributed by atoms with Gasteiger partial charge in [-0.1, -0.05) is 48.7 Å². The Bertz CT molecular complexity index is 1470. The molecule has 6 rings (SSSR count). The zero-order valence-electron chi connectivity index (χ0n) is 22.8. The Morgan fingerprint density at radius 2 is 1.79 bits per heavy atom. The highest BCUT2D eigenvalue weighted by atomic mass is 16.5. The number of carbonyl (C=O) groups excluding carboxylic acids is 1. The van der Waals surface area contributed by atoms with E-state index in [2.05, 4.69) is 41.4 Å². The smallest absolute Gasteiger partial charge is 0.341 e. The number of ether oxygens (including phenoxy) is 2. The van der Waals surface area contributed by atoms with E-state index in [0.29, 0.717) is 11.5 Å². The number of nitrogens with zero attached hydrogens (tertiary/aromatic N) is 3. The number of carbonyl (C=O) groups is 1.